The fourth-order valence-electron chi connectivity index (χ4n) is 3.41. The molecule has 0 saturated carbocycles. The van der Waals surface area contributed by atoms with E-state index in [2.05, 4.69) is 10.4 Å². The van der Waals surface area contributed by atoms with Gasteiger partial charge in [-0.15, -0.1) is 0 Å². The van der Waals surface area contributed by atoms with Crippen molar-refractivity contribution < 1.29 is 31.1 Å². The molecule has 0 fully saturated rings. The molecule has 0 saturated heterocycles. The number of para-hydroxylation sites is 1. The molecule has 4 aromatic rings. The van der Waals surface area contributed by atoms with Crippen LogP contribution in [0.15, 0.2) is 72.8 Å². The average Bonchev–Trinajstić information content (AvgIpc) is 3.10. The summed E-state index contributed by atoms with van der Waals surface area (Å²) >= 11 is 0. The van der Waals surface area contributed by atoms with Crippen molar-refractivity contribution in [2.24, 2.45) is 0 Å². The Balaban J connectivity index is 1.77. The predicted molar refractivity (Wildman–Crippen MR) is 110 cm³/mol. The lowest BCUT2D eigenvalue weighted by Gasteiger charge is -2.12. The summed E-state index contributed by atoms with van der Waals surface area (Å²) in [6.45, 7) is -0.233. The minimum Gasteiger partial charge on any atom is -0.305 e. The maximum absolute atomic E-state index is 13.7. The van der Waals surface area contributed by atoms with Gasteiger partial charge in [0.2, 0.25) is 0 Å². The maximum Gasteiger partial charge on any atom is 0.418 e. The third-order valence-corrected chi connectivity index (χ3v) is 4.96. The molecule has 33 heavy (non-hydrogen) atoms. The topological polar surface area (TPSA) is 46.9 Å². The number of nitrogens with one attached hydrogen (secondary N) is 1. The highest BCUT2D eigenvalue weighted by Gasteiger charge is 2.35. The molecule has 0 atom stereocenters. The van der Waals surface area contributed by atoms with Crippen LogP contribution < -0.4 is 5.32 Å². The summed E-state index contributed by atoms with van der Waals surface area (Å²) in [5, 5.41) is 6.74. The van der Waals surface area contributed by atoms with E-state index in [-0.39, 0.29) is 28.8 Å². The fourth-order valence-corrected chi connectivity index (χ4v) is 3.41. The molecule has 0 unspecified atom stereocenters. The zero-order valence-electron chi connectivity index (χ0n) is 16.7. The van der Waals surface area contributed by atoms with Crippen LogP contribution in [-0.2, 0) is 18.9 Å². The zero-order valence-corrected chi connectivity index (χ0v) is 16.7. The SMILES string of the molecule is O=C(Nc1nn(Cc2ccc(C(F)(F)F)cc2)c2c(C(F)(F)F)cccc12)c1ccccc1. The van der Waals surface area contributed by atoms with Gasteiger partial charge in [-0.25, -0.2) is 0 Å². The number of carbonyl (C=O) groups excluding carboxylic acids is 1. The number of alkyl halides is 6. The maximum atomic E-state index is 13.7. The van der Waals surface area contributed by atoms with Gasteiger partial charge in [0, 0.05) is 10.9 Å². The lowest BCUT2D eigenvalue weighted by Crippen LogP contribution is -2.13. The van der Waals surface area contributed by atoms with Gasteiger partial charge in [-0.1, -0.05) is 36.4 Å². The summed E-state index contributed by atoms with van der Waals surface area (Å²) in [7, 11) is 0. The smallest absolute Gasteiger partial charge is 0.305 e. The van der Waals surface area contributed by atoms with E-state index in [9.17, 15) is 31.1 Å². The minimum atomic E-state index is -4.71. The Morgan fingerprint density at radius 2 is 1.48 bits per heavy atom. The van der Waals surface area contributed by atoms with Crippen molar-refractivity contribution >= 4 is 22.6 Å². The van der Waals surface area contributed by atoms with E-state index >= 15 is 0 Å². The highest BCUT2D eigenvalue weighted by Crippen LogP contribution is 2.37. The van der Waals surface area contributed by atoms with E-state index < -0.39 is 29.4 Å². The van der Waals surface area contributed by atoms with Crippen LogP contribution in [0.5, 0.6) is 0 Å². The van der Waals surface area contributed by atoms with Crippen molar-refractivity contribution in [2.75, 3.05) is 5.32 Å². The number of rotatable bonds is 4. The van der Waals surface area contributed by atoms with Crippen LogP contribution in [0.3, 0.4) is 0 Å². The Hall–Kier alpha value is -3.82. The predicted octanol–water partition coefficient (Wildman–Crippen LogP) is 6.37. The van der Waals surface area contributed by atoms with Gasteiger partial charge < -0.3 is 5.32 Å². The van der Waals surface area contributed by atoms with E-state index in [4.69, 9.17) is 0 Å². The molecular weight excluding hydrogens is 448 g/mol. The first-order valence-corrected chi connectivity index (χ1v) is 9.63. The van der Waals surface area contributed by atoms with E-state index in [1.807, 2.05) is 0 Å². The first kappa shape index (κ1) is 22.4. The highest BCUT2D eigenvalue weighted by molar-refractivity contribution is 6.08. The number of carbonyl (C=O) groups is 1. The normalized spacial score (nSPS) is 12.2. The van der Waals surface area contributed by atoms with Crippen LogP contribution in [0.2, 0.25) is 0 Å². The minimum absolute atomic E-state index is 0.0565. The first-order valence-electron chi connectivity index (χ1n) is 9.63. The van der Waals surface area contributed by atoms with Crippen molar-refractivity contribution in [2.45, 2.75) is 18.9 Å². The van der Waals surface area contributed by atoms with Crippen molar-refractivity contribution in [3.05, 3.63) is 95.1 Å². The molecule has 1 N–H and O–H groups in total. The van der Waals surface area contributed by atoms with Crippen LogP contribution in [0.1, 0.15) is 27.0 Å². The molecule has 10 heteroatoms. The molecule has 170 valence electrons. The molecule has 4 rings (SSSR count). The van der Waals surface area contributed by atoms with E-state index in [0.29, 0.717) is 5.56 Å². The average molecular weight is 463 g/mol. The van der Waals surface area contributed by atoms with Gasteiger partial charge >= 0.3 is 12.4 Å². The van der Waals surface area contributed by atoms with Crippen LogP contribution in [-0.4, -0.2) is 15.7 Å². The lowest BCUT2D eigenvalue weighted by molar-refractivity contribution is -0.138. The summed E-state index contributed by atoms with van der Waals surface area (Å²) in [6.07, 6.45) is -9.24. The molecule has 1 aromatic heterocycles. The van der Waals surface area contributed by atoms with Crippen LogP contribution in [0, 0.1) is 0 Å². The van der Waals surface area contributed by atoms with Crippen molar-refractivity contribution in [1.82, 2.24) is 9.78 Å². The van der Waals surface area contributed by atoms with Crippen LogP contribution in [0.25, 0.3) is 10.9 Å². The molecular formula is C23H15F6N3O. The Kier molecular flexibility index (Phi) is 5.61. The molecule has 1 amide bonds. The zero-order chi connectivity index (χ0) is 23.8. The molecule has 0 aliphatic rings. The van der Waals surface area contributed by atoms with Gasteiger partial charge in [-0.2, -0.15) is 31.4 Å². The lowest BCUT2D eigenvalue weighted by atomic mass is 10.1. The summed E-state index contributed by atoms with van der Waals surface area (Å²) in [4.78, 5) is 12.5. The quantitative estimate of drug-likeness (QED) is 0.357. The van der Waals surface area contributed by atoms with E-state index in [1.54, 1.807) is 18.2 Å². The Morgan fingerprint density at radius 1 is 0.818 bits per heavy atom. The summed E-state index contributed by atoms with van der Waals surface area (Å²) < 4.78 is 80.6. The first-order chi connectivity index (χ1) is 15.5. The van der Waals surface area contributed by atoms with Gasteiger partial charge in [0.05, 0.1) is 23.2 Å². The number of hydrogen-bond donors (Lipinski definition) is 1. The van der Waals surface area contributed by atoms with Crippen LogP contribution >= 0.6 is 0 Å². The van der Waals surface area contributed by atoms with Gasteiger partial charge in [0.15, 0.2) is 5.82 Å². The largest absolute Gasteiger partial charge is 0.418 e. The molecule has 0 aliphatic heterocycles. The van der Waals surface area contributed by atoms with Gasteiger partial charge in [-0.05, 0) is 42.0 Å². The third kappa shape index (κ3) is 4.69. The van der Waals surface area contributed by atoms with E-state index in [1.165, 1.54) is 36.4 Å². The number of aromatic nitrogens is 2. The standard InChI is InChI=1S/C23H15F6N3O/c24-22(25,26)16-11-9-14(10-12-16)13-32-19-17(7-4-8-18(19)23(27,28)29)20(31-32)30-21(33)15-5-2-1-3-6-15/h1-12H,13H2,(H,30,31,33). The second-order valence-electron chi connectivity index (χ2n) is 7.22. The summed E-state index contributed by atoms with van der Waals surface area (Å²) in [5.74, 6) is -0.647. The molecule has 0 radical (unpaired) electrons. The van der Waals surface area contributed by atoms with Gasteiger partial charge in [0.25, 0.3) is 5.91 Å². The number of hydrogen-bond acceptors (Lipinski definition) is 2. The second-order valence-corrected chi connectivity index (χ2v) is 7.22. The van der Waals surface area contributed by atoms with Crippen molar-refractivity contribution in [3.63, 3.8) is 0 Å². The number of halogens is 6. The van der Waals surface area contributed by atoms with E-state index in [0.717, 1.165) is 22.9 Å². The van der Waals surface area contributed by atoms with Crippen molar-refractivity contribution in [1.29, 1.82) is 0 Å². The number of fused-ring (bicyclic) bond motifs is 1. The summed E-state index contributed by atoms with van der Waals surface area (Å²) in [5.41, 5.74) is -1.53. The van der Waals surface area contributed by atoms with Gasteiger partial charge in [0.1, 0.15) is 0 Å². The molecule has 0 aliphatic carbocycles. The van der Waals surface area contributed by atoms with Gasteiger partial charge in [-0.3, -0.25) is 9.48 Å². The second kappa shape index (κ2) is 8.27. The Labute approximate surface area is 183 Å². The molecule has 1 heterocycles. The Morgan fingerprint density at radius 3 is 2.09 bits per heavy atom. The monoisotopic (exact) mass is 463 g/mol. The molecule has 3 aromatic carbocycles. The number of amides is 1. The Bertz CT molecular complexity index is 1290. The number of nitrogens with zero attached hydrogens (tertiary/aromatic N) is 2. The molecule has 0 spiro atoms. The summed E-state index contributed by atoms with van der Waals surface area (Å²) in [6, 6.07) is 15.6. The molecule has 4 nitrogen and oxygen atoms in total. The van der Waals surface area contributed by atoms with Crippen molar-refractivity contribution in [3.8, 4) is 0 Å². The van der Waals surface area contributed by atoms with Crippen LogP contribution in [0.4, 0.5) is 32.2 Å². The number of anilines is 1. The molecule has 0 bridgehead atoms. The number of benzene rings is 3. The highest BCUT2D eigenvalue weighted by atomic mass is 19.4. The fraction of sp³-hybridized carbons (Fsp3) is 0.130. The third-order valence-electron chi connectivity index (χ3n) is 4.96.